The van der Waals surface area contributed by atoms with Crippen LogP contribution < -0.4 is 5.32 Å². The number of benzene rings is 2. The Hall–Kier alpha value is -2.36. The lowest BCUT2D eigenvalue weighted by Crippen LogP contribution is -2.05. The van der Waals surface area contributed by atoms with Crippen LogP contribution in [0.2, 0.25) is 0 Å². The summed E-state index contributed by atoms with van der Waals surface area (Å²) in [6.45, 7) is 6.73. The lowest BCUT2D eigenvalue weighted by atomic mass is 10.0. The zero-order valence-corrected chi connectivity index (χ0v) is 12.3. The van der Waals surface area contributed by atoms with Crippen molar-refractivity contribution in [1.82, 2.24) is 0 Å². The van der Waals surface area contributed by atoms with E-state index in [2.05, 4.69) is 31.3 Å². The van der Waals surface area contributed by atoms with Gasteiger partial charge < -0.3 is 10.4 Å². The van der Waals surface area contributed by atoms with Crippen molar-refractivity contribution >= 4 is 11.7 Å². The summed E-state index contributed by atoms with van der Waals surface area (Å²) in [7, 11) is 0. The van der Waals surface area contributed by atoms with Crippen molar-refractivity contribution in [3.63, 3.8) is 0 Å². The Morgan fingerprint density at radius 3 is 2.43 bits per heavy atom. The van der Waals surface area contributed by atoms with E-state index in [-0.39, 0.29) is 5.56 Å². The minimum Gasteiger partial charge on any atom is -0.478 e. The molecule has 21 heavy (non-hydrogen) atoms. The van der Waals surface area contributed by atoms with Gasteiger partial charge in [0.25, 0.3) is 0 Å². The second kappa shape index (κ2) is 5.95. The molecule has 0 atom stereocenters. The Labute approximate surface area is 123 Å². The average Bonchev–Trinajstić information content (AvgIpc) is 2.42. The van der Waals surface area contributed by atoms with Gasteiger partial charge in [-0.25, -0.2) is 9.18 Å². The molecule has 110 valence electrons. The van der Waals surface area contributed by atoms with Crippen LogP contribution in [0, 0.1) is 26.6 Å². The Morgan fingerprint density at radius 2 is 1.76 bits per heavy atom. The van der Waals surface area contributed by atoms with Crippen molar-refractivity contribution in [1.29, 1.82) is 0 Å². The molecule has 2 N–H and O–H groups in total. The van der Waals surface area contributed by atoms with Gasteiger partial charge in [0.05, 0.1) is 5.56 Å². The second-order valence-corrected chi connectivity index (χ2v) is 5.22. The molecule has 0 aliphatic carbocycles. The van der Waals surface area contributed by atoms with Gasteiger partial charge in [-0.15, -0.1) is 0 Å². The van der Waals surface area contributed by atoms with E-state index < -0.39 is 11.8 Å². The Bertz CT molecular complexity index is 695. The van der Waals surface area contributed by atoms with Crippen LogP contribution >= 0.6 is 0 Å². The first-order valence-corrected chi connectivity index (χ1v) is 6.72. The number of carboxylic acid groups (broad SMARTS) is 1. The number of nitrogens with one attached hydrogen (secondary N) is 1. The highest BCUT2D eigenvalue weighted by molar-refractivity contribution is 5.89. The molecule has 0 heterocycles. The van der Waals surface area contributed by atoms with Crippen LogP contribution in [-0.2, 0) is 6.54 Å². The van der Waals surface area contributed by atoms with Gasteiger partial charge >= 0.3 is 5.97 Å². The van der Waals surface area contributed by atoms with Gasteiger partial charge in [0.2, 0.25) is 0 Å². The zero-order valence-electron chi connectivity index (χ0n) is 12.3. The highest BCUT2D eigenvalue weighted by atomic mass is 19.1. The molecular formula is C17H18FNO2. The Morgan fingerprint density at radius 1 is 1.10 bits per heavy atom. The van der Waals surface area contributed by atoms with Gasteiger partial charge in [-0.1, -0.05) is 12.1 Å². The van der Waals surface area contributed by atoms with Gasteiger partial charge in [0.15, 0.2) is 0 Å². The Kier molecular flexibility index (Phi) is 4.26. The van der Waals surface area contributed by atoms with Crippen molar-refractivity contribution in [3.05, 3.63) is 64.0 Å². The van der Waals surface area contributed by atoms with E-state index in [1.165, 1.54) is 34.9 Å². The standard InChI is InChI=1S/C17H18FNO2/c1-10-6-12(3)13(7-11(10)2)9-19-14-4-5-16(18)15(8-14)17(20)21/h4-8,19H,9H2,1-3H3,(H,20,21). The van der Waals surface area contributed by atoms with Crippen molar-refractivity contribution in [3.8, 4) is 0 Å². The number of aryl methyl sites for hydroxylation is 3. The van der Waals surface area contributed by atoms with E-state index in [9.17, 15) is 9.18 Å². The molecule has 0 aliphatic rings. The van der Waals surface area contributed by atoms with E-state index in [0.717, 1.165) is 5.56 Å². The van der Waals surface area contributed by atoms with Crippen molar-refractivity contribution < 1.29 is 14.3 Å². The predicted molar refractivity (Wildman–Crippen MR) is 81.3 cm³/mol. The summed E-state index contributed by atoms with van der Waals surface area (Å²) in [6, 6.07) is 8.25. The number of anilines is 1. The fourth-order valence-corrected chi connectivity index (χ4v) is 2.21. The molecule has 0 aliphatic heterocycles. The van der Waals surface area contributed by atoms with Crippen LogP contribution in [0.15, 0.2) is 30.3 Å². The van der Waals surface area contributed by atoms with Crippen LogP contribution in [0.4, 0.5) is 10.1 Å². The molecule has 0 saturated carbocycles. The normalized spacial score (nSPS) is 10.5. The minimum atomic E-state index is -1.27. The topological polar surface area (TPSA) is 49.3 Å². The molecule has 0 unspecified atom stereocenters. The molecule has 2 aromatic rings. The highest BCUT2D eigenvalue weighted by Crippen LogP contribution is 2.19. The molecular weight excluding hydrogens is 269 g/mol. The number of hydrogen-bond acceptors (Lipinski definition) is 2. The number of rotatable bonds is 4. The van der Waals surface area contributed by atoms with E-state index in [1.807, 2.05) is 6.92 Å². The van der Waals surface area contributed by atoms with Crippen molar-refractivity contribution in [2.75, 3.05) is 5.32 Å². The van der Waals surface area contributed by atoms with Crippen LogP contribution in [0.1, 0.15) is 32.6 Å². The van der Waals surface area contributed by atoms with Gasteiger partial charge in [0, 0.05) is 12.2 Å². The van der Waals surface area contributed by atoms with Crippen LogP contribution in [0.25, 0.3) is 0 Å². The van der Waals surface area contributed by atoms with E-state index >= 15 is 0 Å². The van der Waals surface area contributed by atoms with Gasteiger partial charge in [0.1, 0.15) is 5.82 Å². The van der Waals surface area contributed by atoms with Gasteiger partial charge in [-0.2, -0.15) is 0 Å². The lowest BCUT2D eigenvalue weighted by Gasteiger charge is -2.12. The first kappa shape index (κ1) is 15.0. The van der Waals surface area contributed by atoms with E-state index in [1.54, 1.807) is 0 Å². The molecule has 0 saturated heterocycles. The summed E-state index contributed by atoms with van der Waals surface area (Å²) in [5, 5.41) is 12.1. The molecule has 0 bridgehead atoms. The maximum Gasteiger partial charge on any atom is 0.338 e. The smallest absolute Gasteiger partial charge is 0.338 e. The average molecular weight is 287 g/mol. The van der Waals surface area contributed by atoms with Crippen LogP contribution in [0.5, 0.6) is 0 Å². The molecule has 2 aromatic carbocycles. The number of aromatic carboxylic acids is 1. The molecule has 0 radical (unpaired) electrons. The van der Waals surface area contributed by atoms with Crippen LogP contribution in [0.3, 0.4) is 0 Å². The second-order valence-electron chi connectivity index (χ2n) is 5.22. The molecule has 3 nitrogen and oxygen atoms in total. The maximum absolute atomic E-state index is 13.3. The molecule has 0 spiro atoms. The third kappa shape index (κ3) is 3.40. The molecule has 0 aromatic heterocycles. The van der Waals surface area contributed by atoms with Crippen molar-refractivity contribution in [2.45, 2.75) is 27.3 Å². The quantitative estimate of drug-likeness (QED) is 0.891. The lowest BCUT2D eigenvalue weighted by molar-refractivity contribution is 0.0692. The minimum absolute atomic E-state index is 0.322. The maximum atomic E-state index is 13.3. The molecule has 0 fully saturated rings. The highest BCUT2D eigenvalue weighted by Gasteiger charge is 2.11. The summed E-state index contributed by atoms with van der Waals surface area (Å²) in [5.74, 6) is -1.99. The summed E-state index contributed by atoms with van der Waals surface area (Å²) >= 11 is 0. The van der Waals surface area contributed by atoms with Crippen LogP contribution in [-0.4, -0.2) is 11.1 Å². The molecule has 4 heteroatoms. The van der Waals surface area contributed by atoms with E-state index in [0.29, 0.717) is 12.2 Å². The predicted octanol–water partition coefficient (Wildman–Crippen LogP) is 4.06. The third-order valence-electron chi connectivity index (χ3n) is 3.63. The van der Waals surface area contributed by atoms with Gasteiger partial charge in [-0.05, 0) is 61.2 Å². The third-order valence-corrected chi connectivity index (χ3v) is 3.63. The van der Waals surface area contributed by atoms with E-state index in [4.69, 9.17) is 5.11 Å². The number of carbonyl (C=O) groups is 1. The molecule has 0 amide bonds. The zero-order chi connectivity index (χ0) is 15.6. The fourth-order valence-electron chi connectivity index (χ4n) is 2.21. The number of carboxylic acids is 1. The largest absolute Gasteiger partial charge is 0.478 e. The van der Waals surface area contributed by atoms with Gasteiger partial charge in [-0.3, -0.25) is 0 Å². The first-order chi connectivity index (χ1) is 9.88. The fraction of sp³-hybridized carbons (Fsp3) is 0.235. The summed E-state index contributed by atoms with van der Waals surface area (Å²) in [4.78, 5) is 10.9. The summed E-state index contributed by atoms with van der Waals surface area (Å²) < 4.78 is 13.3. The monoisotopic (exact) mass is 287 g/mol. The summed E-state index contributed by atoms with van der Waals surface area (Å²) in [5.41, 5.74) is 5.03. The Balaban J connectivity index is 2.19. The van der Waals surface area contributed by atoms with Crippen molar-refractivity contribution in [2.24, 2.45) is 0 Å². The number of halogens is 1. The number of hydrogen-bond donors (Lipinski definition) is 2. The summed E-state index contributed by atoms with van der Waals surface area (Å²) in [6.07, 6.45) is 0. The SMILES string of the molecule is Cc1cc(C)c(CNc2ccc(F)c(C(=O)O)c2)cc1C. The first-order valence-electron chi connectivity index (χ1n) is 6.72. The molecule has 2 rings (SSSR count).